The minimum absolute atomic E-state index is 0.188. The van der Waals surface area contributed by atoms with Crippen LogP contribution < -0.4 is 5.73 Å². The van der Waals surface area contributed by atoms with E-state index in [-0.39, 0.29) is 13.2 Å². The fraction of sp³-hybridized carbons (Fsp3) is 0.971. The second-order valence-electron chi connectivity index (χ2n) is 12.4. The van der Waals surface area contributed by atoms with Gasteiger partial charge in [0.1, 0.15) is 12.1 Å². The Morgan fingerprint density at radius 1 is 0.591 bits per heavy atom. The Bertz CT molecular complexity index is 669. The van der Waals surface area contributed by atoms with Gasteiger partial charge in [0, 0.05) is 13.2 Å². The van der Waals surface area contributed by atoms with Gasteiger partial charge in [0.25, 0.3) is 0 Å². The first-order valence-electron chi connectivity index (χ1n) is 18.1. The zero-order valence-electron chi connectivity index (χ0n) is 28.5. The topological polar surface area (TPSA) is 138 Å². The van der Waals surface area contributed by atoms with Crippen LogP contribution >= 0.6 is 7.82 Å². The standard InChI is InChI=1S/C34H70NO8P/c1-3-5-7-9-11-13-15-17-19-21-23-25-27-40-29-32(30-42-44(38,39)43-31-33(35)34(36)37)41-28-26-24-22-20-18-16-14-12-10-8-6-4-2/h32-33H,3-31,35H2,1-2H3,(H,36,37)(H,38,39)/t32-,33+/m1/s1. The van der Waals surface area contributed by atoms with Gasteiger partial charge in [0.2, 0.25) is 0 Å². The number of nitrogens with two attached hydrogens (primary N) is 1. The molecular weight excluding hydrogens is 581 g/mol. The normalized spacial score (nSPS) is 14.5. The molecule has 0 rings (SSSR count). The molecule has 1 unspecified atom stereocenters. The first-order chi connectivity index (χ1) is 21.3. The number of carboxylic acids is 1. The number of carboxylic acid groups (broad SMARTS) is 1. The summed E-state index contributed by atoms with van der Waals surface area (Å²) in [5.74, 6) is -1.32. The highest BCUT2D eigenvalue weighted by molar-refractivity contribution is 7.47. The number of hydrogen-bond donors (Lipinski definition) is 3. The van der Waals surface area contributed by atoms with Gasteiger partial charge in [-0.2, -0.15) is 0 Å². The molecule has 4 N–H and O–H groups in total. The molecule has 0 amide bonds. The molecule has 9 nitrogen and oxygen atoms in total. The summed E-state index contributed by atoms with van der Waals surface area (Å²) in [4.78, 5) is 20.8. The number of carbonyl (C=O) groups is 1. The first-order valence-corrected chi connectivity index (χ1v) is 19.6. The van der Waals surface area contributed by atoms with Crippen molar-refractivity contribution in [2.45, 2.75) is 180 Å². The van der Waals surface area contributed by atoms with Crippen LogP contribution in [-0.4, -0.2) is 61.1 Å². The maximum atomic E-state index is 12.2. The molecule has 10 heteroatoms. The van der Waals surface area contributed by atoms with Crippen molar-refractivity contribution in [2.75, 3.05) is 33.0 Å². The molecular formula is C34H70NO8P. The van der Waals surface area contributed by atoms with E-state index in [1.54, 1.807) is 0 Å². The second kappa shape index (κ2) is 32.4. The van der Waals surface area contributed by atoms with Gasteiger partial charge in [-0.15, -0.1) is 0 Å². The molecule has 0 bridgehead atoms. The largest absolute Gasteiger partial charge is 0.480 e. The van der Waals surface area contributed by atoms with E-state index in [0.717, 1.165) is 25.7 Å². The van der Waals surface area contributed by atoms with Crippen molar-refractivity contribution in [2.24, 2.45) is 5.73 Å². The van der Waals surface area contributed by atoms with Crippen LogP contribution in [0, 0.1) is 0 Å². The summed E-state index contributed by atoms with van der Waals surface area (Å²) in [5, 5.41) is 8.85. The monoisotopic (exact) mass is 651 g/mol. The lowest BCUT2D eigenvalue weighted by molar-refractivity contribution is -0.139. The average molecular weight is 652 g/mol. The predicted molar refractivity (Wildman–Crippen MR) is 180 cm³/mol. The van der Waals surface area contributed by atoms with E-state index in [2.05, 4.69) is 13.8 Å². The van der Waals surface area contributed by atoms with Gasteiger partial charge in [0.15, 0.2) is 0 Å². The summed E-state index contributed by atoms with van der Waals surface area (Å²) in [6.07, 6.45) is 30.0. The van der Waals surface area contributed by atoms with Gasteiger partial charge < -0.3 is 25.2 Å². The third-order valence-electron chi connectivity index (χ3n) is 7.96. The van der Waals surface area contributed by atoms with Crippen molar-refractivity contribution in [1.29, 1.82) is 0 Å². The molecule has 0 heterocycles. The first kappa shape index (κ1) is 43.5. The lowest BCUT2D eigenvalue weighted by Crippen LogP contribution is -2.34. The summed E-state index contributed by atoms with van der Waals surface area (Å²) in [6, 6.07) is -1.41. The highest BCUT2D eigenvalue weighted by Gasteiger charge is 2.26. The third kappa shape index (κ3) is 31.4. The van der Waals surface area contributed by atoms with Gasteiger partial charge in [-0.25, -0.2) is 4.57 Å². The van der Waals surface area contributed by atoms with Crippen molar-refractivity contribution in [3.8, 4) is 0 Å². The molecule has 0 radical (unpaired) electrons. The maximum Gasteiger partial charge on any atom is 0.472 e. The van der Waals surface area contributed by atoms with E-state index >= 15 is 0 Å². The maximum absolute atomic E-state index is 12.2. The zero-order valence-corrected chi connectivity index (χ0v) is 29.4. The molecule has 3 atom stereocenters. The highest BCUT2D eigenvalue weighted by Crippen LogP contribution is 2.43. The highest BCUT2D eigenvalue weighted by atomic mass is 31.2. The van der Waals surface area contributed by atoms with Crippen LogP contribution in [0.4, 0.5) is 0 Å². The molecule has 0 aromatic heterocycles. The SMILES string of the molecule is CCCCCCCCCCCCCCOC[C@H](COP(=O)(O)OC[C@H](N)C(=O)O)OCCCCCCCCCCCCCC. The van der Waals surface area contributed by atoms with Gasteiger partial charge in [-0.3, -0.25) is 13.8 Å². The summed E-state index contributed by atoms with van der Waals surface area (Å²) in [5.41, 5.74) is 5.35. The minimum Gasteiger partial charge on any atom is -0.480 e. The van der Waals surface area contributed by atoms with E-state index in [0.29, 0.717) is 13.2 Å². The number of ether oxygens (including phenoxy) is 2. The molecule has 0 saturated carbocycles. The van der Waals surface area contributed by atoms with E-state index in [9.17, 15) is 14.3 Å². The Morgan fingerprint density at radius 3 is 1.36 bits per heavy atom. The van der Waals surface area contributed by atoms with Crippen molar-refractivity contribution < 1.29 is 37.9 Å². The van der Waals surface area contributed by atoms with E-state index in [1.807, 2.05) is 0 Å². The van der Waals surface area contributed by atoms with Crippen molar-refractivity contribution in [3.63, 3.8) is 0 Å². The lowest BCUT2D eigenvalue weighted by atomic mass is 10.1. The molecule has 264 valence electrons. The van der Waals surface area contributed by atoms with Crippen LogP contribution in [0.5, 0.6) is 0 Å². The number of hydrogen-bond acceptors (Lipinski definition) is 7. The van der Waals surface area contributed by atoms with E-state index < -0.39 is 32.5 Å². The van der Waals surface area contributed by atoms with Crippen LogP contribution in [0.1, 0.15) is 168 Å². The van der Waals surface area contributed by atoms with E-state index in [1.165, 1.54) is 128 Å². The van der Waals surface area contributed by atoms with Crippen molar-refractivity contribution >= 4 is 13.8 Å². The zero-order chi connectivity index (χ0) is 32.6. The van der Waals surface area contributed by atoms with E-state index in [4.69, 9.17) is 29.4 Å². The predicted octanol–water partition coefficient (Wildman–Crippen LogP) is 9.34. The molecule has 0 aliphatic rings. The number of phosphoric acid groups is 1. The van der Waals surface area contributed by atoms with Crippen molar-refractivity contribution in [3.05, 3.63) is 0 Å². The number of rotatable bonds is 36. The molecule has 0 aromatic rings. The number of unbranched alkanes of at least 4 members (excludes halogenated alkanes) is 22. The van der Waals surface area contributed by atoms with Gasteiger partial charge in [0.05, 0.1) is 19.8 Å². The Morgan fingerprint density at radius 2 is 0.955 bits per heavy atom. The van der Waals surface area contributed by atoms with Crippen LogP contribution in [0.25, 0.3) is 0 Å². The summed E-state index contributed by atoms with van der Waals surface area (Å²) in [6.45, 7) is 5.08. The second-order valence-corrected chi connectivity index (χ2v) is 13.8. The van der Waals surface area contributed by atoms with Crippen LogP contribution in [-0.2, 0) is 27.9 Å². The quantitative estimate of drug-likeness (QED) is 0.0447. The Labute approximate surface area is 270 Å². The molecule has 0 aromatic carbocycles. The Balaban J connectivity index is 4.15. The van der Waals surface area contributed by atoms with Crippen molar-refractivity contribution in [1.82, 2.24) is 0 Å². The van der Waals surface area contributed by atoms with Gasteiger partial charge in [-0.1, -0.05) is 155 Å². The van der Waals surface area contributed by atoms with Gasteiger partial charge in [-0.05, 0) is 12.8 Å². The van der Waals surface area contributed by atoms with Crippen LogP contribution in [0.3, 0.4) is 0 Å². The number of phosphoric ester groups is 1. The lowest BCUT2D eigenvalue weighted by Gasteiger charge is -2.20. The molecule has 0 saturated heterocycles. The molecule has 0 spiro atoms. The smallest absolute Gasteiger partial charge is 0.472 e. The summed E-state index contributed by atoms with van der Waals surface area (Å²) >= 11 is 0. The van der Waals surface area contributed by atoms with Crippen LogP contribution in [0.2, 0.25) is 0 Å². The molecule has 0 aliphatic carbocycles. The summed E-state index contributed by atoms with van der Waals surface area (Å²) < 4.78 is 33.8. The average Bonchev–Trinajstić information content (AvgIpc) is 3.00. The molecule has 0 aliphatic heterocycles. The van der Waals surface area contributed by atoms with Crippen LogP contribution in [0.15, 0.2) is 0 Å². The number of aliphatic carboxylic acids is 1. The van der Waals surface area contributed by atoms with Gasteiger partial charge >= 0.3 is 13.8 Å². The fourth-order valence-corrected chi connectivity index (χ4v) is 5.84. The minimum atomic E-state index is -4.46. The fourth-order valence-electron chi connectivity index (χ4n) is 5.06. The third-order valence-corrected chi connectivity index (χ3v) is 8.91. The Hall–Kier alpha value is -0.540. The molecule has 0 fully saturated rings. The Kier molecular flexibility index (Phi) is 32.0. The molecule has 44 heavy (non-hydrogen) atoms. The summed E-state index contributed by atoms with van der Waals surface area (Å²) in [7, 11) is -4.46.